The molecule has 0 amide bonds. The van der Waals surface area contributed by atoms with E-state index in [0.717, 1.165) is 11.1 Å². The third-order valence-electron chi connectivity index (χ3n) is 3.56. The molecule has 3 nitrogen and oxygen atoms in total. The highest BCUT2D eigenvalue weighted by Crippen LogP contribution is 2.32. The van der Waals surface area contributed by atoms with Crippen LogP contribution in [-0.4, -0.2) is 5.78 Å². The Morgan fingerprint density at radius 2 is 2.11 bits per heavy atom. The Kier molecular flexibility index (Phi) is 2.63. The Morgan fingerprint density at radius 1 is 1.32 bits per heavy atom. The van der Waals surface area contributed by atoms with Gasteiger partial charge in [0, 0.05) is 18.1 Å². The first-order chi connectivity index (χ1) is 9.06. The van der Waals surface area contributed by atoms with Crippen LogP contribution in [-0.2, 0) is 4.79 Å². The van der Waals surface area contributed by atoms with Crippen molar-refractivity contribution in [2.24, 2.45) is 5.92 Å². The van der Waals surface area contributed by atoms with Crippen LogP contribution in [0.4, 0.5) is 0 Å². The van der Waals surface area contributed by atoms with E-state index in [9.17, 15) is 9.59 Å². The van der Waals surface area contributed by atoms with Crippen molar-refractivity contribution < 1.29 is 9.21 Å². The summed E-state index contributed by atoms with van der Waals surface area (Å²) in [5, 5.41) is 0.555. The average Bonchev–Trinajstić information content (AvgIpc) is 2.36. The van der Waals surface area contributed by atoms with Crippen LogP contribution in [0, 0.1) is 12.8 Å². The van der Waals surface area contributed by atoms with Crippen LogP contribution >= 0.6 is 0 Å². The Morgan fingerprint density at radius 3 is 2.79 bits per heavy atom. The van der Waals surface area contributed by atoms with Crippen LogP contribution in [0.2, 0.25) is 0 Å². The molecule has 3 rings (SSSR count). The molecule has 0 saturated heterocycles. The standard InChI is InChI=1S/C16H14O3/c1-9-6-14(17)13(9)8-11-4-3-5-12-15(18)7-10(2)19-16(11)12/h3-5,7-9H,6H2,1-2H3. The first-order valence-electron chi connectivity index (χ1n) is 6.34. The summed E-state index contributed by atoms with van der Waals surface area (Å²) in [5.74, 6) is 1.05. The van der Waals surface area contributed by atoms with Crippen LogP contribution in [0.25, 0.3) is 17.0 Å². The predicted octanol–water partition coefficient (Wildman–Crippen LogP) is 3.09. The largest absolute Gasteiger partial charge is 0.460 e. The Hall–Kier alpha value is -2.16. The second-order valence-corrected chi connectivity index (χ2v) is 5.07. The lowest BCUT2D eigenvalue weighted by atomic mass is 9.78. The highest BCUT2D eigenvalue weighted by molar-refractivity contribution is 6.07. The third kappa shape index (κ3) is 1.91. The molecular weight excluding hydrogens is 240 g/mol. The summed E-state index contributed by atoms with van der Waals surface area (Å²) in [6.07, 6.45) is 2.46. The molecule has 2 aromatic rings. The molecule has 1 saturated carbocycles. The van der Waals surface area contributed by atoms with Gasteiger partial charge in [0.1, 0.15) is 11.3 Å². The fraction of sp³-hybridized carbons (Fsp3) is 0.250. The molecule has 1 atom stereocenters. The van der Waals surface area contributed by atoms with E-state index in [4.69, 9.17) is 4.42 Å². The van der Waals surface area contributed by atoms with Crippen molar-refractivity contribution in [3.63, 3.8) is 0 Å². The average molecular weight is 254 g/mol. The lowest BCUT2D eigenvalue weighted by Crippen LogP contribution is -2.24. The van der Waals surface area contributed by atoms with Gasteiger partial charge in [-0.1, -0.05) is 19.1 Å². The number of hydrogen-bond acceptors (Lipinski definition) is 3. The fourth-order valence-corrected chi connectivity index (χ4v) is 2.47. The molecule has 1 aromatic carbocycles. The minimum Gasteiger partial charge on any atom is -0.460 e. The molecular formula is C16H14O3. The molecule has 1 unspecified atom stereocenters. The lowest BCUT2D eigenvalue weighted by Gasteiger charge is -2.24. The van der Waals surface area contributed by atoms with Gasteiger partial charge in [-0.05, 0) is 30.6 Å². The summed E-state index contributed by atoms with van der Waals surface area (Å²) in [6, 6.07) is 6.91. The summed E-state index contributed by atoms with van der Waals surface area (Å²) < 4.78 is 5.66. The second kappa shape index (κ2) is 4.19. The molecule has 0 radical (unpaired) electrons. The molecule has 0 bridgehead atoms. The zero-order chi connectivity index (χ0) is 13.6. The highest BCUT2D eigenvalue weighted by Gasteiger charge is 2.29. The molecule has 0 aliphatic heterocycles. The zero-order valence-electron chi connectivity index (χ0n) is 10.9. The number of hydrogen-bond donors (Lipinski definition) is 0. The molecule has 96 valence electrons. The smallest absolute Gasteiger partial charge is 0.192 e. The van der Waals surface area contributed by atoms with E-state index in [1.54, 1.807) is 13.0 Å². The third-order valence-corrected chi connectivity index (χ3v) is 3.56. The summed E-state index contributed by atoms with van der Waals surface area (Å²) in [4.78, 5) is 23.5. The van der Waals surface area contributed by atoms with Crippen LogP contribution in [0.5, 0.6) is 0 Å². The number of allylic oxidation sites excluding steroid dienone is 1. The molecule has 19 heavy (non-hydrogen) atoms. The first-order valence-corrected chi connectivity index (χ1v) is 6.34. The molecule has 1 fully saturated rings. The molecule has 1 aliphatic rings. The van der Waals surface area contributed by atoms with Crippen molar-refractivity contribution in [1.29, 1.82) is 0 Å². The van der Waals surface area contributed by atoms with Crippen LogP contribution in [0.15, 0.2) is 39.1 Å². The number of carbonyl (C=O) groups excluding carboxylic acids is 1. The van der Waals surface area contributed by atoms with Crippen molar-refractivity contribution in [3.8, 4) is 0 Å². The Labute approximate surface area is 110 Å². The number of Topliss-reactive ketones (excluding diaryl/α,β-unsaturated/α-hetero) is 1. The van der Waals surface area contributed by atoms with Crippen LogP contribution < -0.4 is 5.43 Å². The van der Waals surface area contributed by atoms with Crippen molar-refractivity contribution in [3.05, 3.63) is 51.4 Å². The first kappa shape index (κ1) is 11.9. The maximum atomic E-state index is 11.9. The van der Waals surface area contributed by atoms with Crippen LogP contribution in [0.1, 0.15) is 24.7 Å². The van der Waals surface area contributed by atoms with Gasteiger partial charge >= 0.3 is 0 Å². The van der Waals surface area contributed by atoms with Gasteiger partial charge in [-0.3, -0.25) is 9.59 Å². The van der Waals surface area contributed by atoms with Gasteiger partial charge in [0.25, 0.3) is 0 Å². The summed E-state index contributed by atoms with van der Waals surface area (Å²) in [5.41, 5.74) is 2.13. The lowest BCUT2D eigenvalue weighted by molar-refractivity contribution is -0.120. The number of fused-ring (bicyclic) bond motifs is 1. The van der Waals surface area contributed by atoms with Gasteiger partial charge in [0.2, 0.25) is 0 Å². The Bertz CT molecular complexity index is 765. The van der Waals surface area contributed by atoms with Gasteiger partial charge in [-0.25, -0.2) is 0 Å². The maximum Gasteiger partial charge on any atom is 0.192 e. The zero-order valence-corrected chi connectivity index (χ0v) is 10.9. The molecule has 1 aromatic heterocycles. The van der Waals surface area contributed by atoms with E-state index in [-0.39, 0.29) is 11.2 Å². The number of benzene rings is 1. The topological polar surface area (TPSA) is 47.3 Å². The Balaban J connectivity index is 2.25. The quantitative estimate of drug-likeness (QED) is 0.735. The van der Waals surface area contributed by atoms with Gasteiger partial charge in [-0.15, -0.1) is 0 Å². The molecule has 1 heterocycles. The summed E-state index contributed by atoms with van der Waals surface area (Å²) in [6.45, 7) is 3.78. The molecule has 3 heteroatoms. The van der Waals surface area contributed by atoms with Gasteiger partial charge in [0.05, 0.1) is 5.39 Å². The predicted molar refractivity (Wildman–Crippen MR) is 74.0 cm³/mol. The number of para-hydroxylation sites is 1. The minimum absolute atomic E-state index is 0.0491. The van der Waals surface area contributed by atoms with Crippen molar-refractivity contribution >= 4 is 22.8 Å². The van der Waals surface area contributed by atoms with E-state index in [2.05, 4.69) is 0 Å². The van der Waals surface area contributed by atoms with Gasteiger partial charge in [-0.2, -0.15) is 0 Å². The summed E-state index contributed by atoms with van der Waals surface area (Å²) >= 11 is 0. The number of carbonyl (C=O) groups is 1. The van der Waals surface area contributed by atoms with E-state index >= 15 is 0 Å². The highest BCUT2D eigenvalue weighted by atomic mass is 16.3. The minimum atomic E-state index is -0.0491. The van der Waals surface area contributed by atoms with E-state index in [1.807, 2.05) is 25.1 Å². The van der Waals surface area contributed by atoms with E-state index in [0.29, 0.717) is 29.1 Å². The SMILES string of the molecule is Cc1cc(=O)c2cccc(C=C3C(=O)CC3C)c2o1. The van der Waals surface area contributed by atoms with E-state index in [1.165, 1.54) is 6.07 Å². The van der Waals surface area contributed by atoms with E-state index < -0.39 is 0 Å². The number of ketones is 1. The maximum absolute atomic E-state index is 11.9. The molecule has 0 spiro atoms. The normalized spacial score (nSPS) is 20.8. The fourth-order valence-electron chi connectivity index (χ4n) is 2.47. The van der Waals surface area contributed by atoms with Crippen molar-refractivity contribution in [2.75, 3.05) is 0 Å². The number of aryl methyl sites for hydroxylation is 1. The number of rotatable bonds is 1. The van der Waals surface area contributed by atoms with Crippen molar-refractivity contribution in [1.82, 2.24) is 0 Å². The van der Waals surface area contributed by atoms with Gasteiger partial charge in [0.15, 0.2) is 11.2 Å². The summed E-state index contributed by atoms with van der Waals surface area (Å²) in [7, 11) is 0. The molecule has 0 N–H and O–H groups in total. The monoisotopic (exact) mass is 254 g/mol. The van der Waals surface area contributed by atoms with Gasteiger partial charge < -0.3 is 4.42 Å². The van der Waals surface area contributed by atoms with Crippen LogP contribution in [0.3, 0.4) is 0 Å². The van der Waals surface area contributed by atoms with Crippen molar-refractivity contribution in [2.45, 2.75) is 20.3 Å². The second-order valence-electron chi connectivity index (χ2n) is 5.07. The molecule has 1 aliphatic carbocycles.